The number of anilines is 1. The lowest BCUT2D eigenvalue weighted by Crippen LogP contribution is -2.29. The second-order valence-corrected chi connectivity index (χ2v) is 4.49. The molecule has 0 amide bonds. The Morgan fingerprint density at radius 1 is 1.41 bits per heavy atom. The first-order valence-electron chi connectivity index (χ1n) is 6.83. The van der Waals surface area contributed by atoms with Crippen LogP contribution in [0, 0.1) is 5.82 Å². The predicted molar refractivity (Wildman–Crippen MR) is 79.9 cm³/mol. The van der Waals surface area contributed by atoms with Crippen LogP contribution in [-0.2, 0) is 11.3 Å². The molecule has 1 aromatic heterocycles. The summed E-state index contributed by atoms with van der Waals surface area (Å²) in [5.41, 5.74) is 5.30. The zero-order chi connectivity index (χ0) is 16.3. The van der Waals surface area contributed by atoms with E-state index in [-0.39, 0.29) is 30.1 Å². The molecule has 0 bridgehead atoms. The Kier molecular flexibility index (Phi) is 4.55. The molecule has 0 spiro atoms. The standard InChI is InChI=1S/C15H16FN3O3/c1-3-19-14(20)12(17)11(15(21)22-4-2)13(18-19)9-6-5-7-10(16)8-9/h5-8H,3-4,17H2,1-2H3. The molecule has 6 nitrogen and oxygen atoms in total. The predicted octanol–water partition coefficient (Wildman–Crippen LogP) is 1.83. The Bertz CT molecular complexity index is 771. The van der Waals surface area contributed by atoms with E-state index in [9.17, 15) is 14.0 Å². The van der Waals surface area contributed by atoms with Crippen LogP contribution in [0.5, 0.6) is 0 Å². The first-order valence-corrected chi connectivity index (χ1v) is 6.83. The van der Waals surface area contributed by atoms with E-state index in [2.05, 4.69) is 5.10 Å². The van der Waals surface area contributed by atoms with Crippen LogP contribution in [0.1, 0.15) is 24.2 Å². The summed E-state index contributed by atoms with van der Waals surface area (Å²) in [6, 6.07) is 5.55. The molecule has 0 fully saturated rings. The summed E-state index contributed by atoms with van der Waals surface area (Å²) in [6.45, 7) is 3.75. The summed E-state index contributed by atoms with van der Waals surface area (Å²) < 4.78 is 19.5. The van der Waals surface area contributed by atoms with Crippen molar-refractivity contribution in [1.29, 1.82) is 0 Å². The molecule has 22 heavy (non-hydrogen) atoms. The number of hydrogen-bond acceptors (Lipinski definition) is 5. The molecule has 2 rings (SSSR count). The van der Waals surface area contributed by atoms with Gasteiger partial charge in [-0.3, -0.25) is 4.79 Å². The Morgan fingerprint density at radius 2 is 2.14 bits per heavy atom. The fourth-order valence-corrected chi connectivity index (χ4v) is 2.05. The first-order chi connectivity index (χ1) is 10.5. The number of aromatic nitrogens is 2. The molecule has 0 radical (unpaired) electrons. The van der Waals surface area contributed by atoms with Crippen molar-refractivity contribution < 1.29 is 13.9 Å². The maximum absolute atomic E-state index is 13.5. The van der Waals surface area contributed by atoms with Gasteiger partial charge in [-0.05, 0) is 26.0 Å². The second kappa shape index (κ2) is 6.38. The van der Waals surface area contributed by atoms with E-state index >= 15 is 0 Å². The zero-order valence-electron chi connectivity index (χ0n) is 12.3. The lowest BCUT2D eigenvalue weighted by Gasteiger charge is -2.13. The van der Waals surface area contributed by atoms with Crippen LogP contribution in [0.2, 0.25) is 0 Å². The van der Waals surface area contributed by atoms with Gasteiger partial charge in [0.25, 0.3) is 5.56 Å². The number of nitrogens with two attached hydrogens (primary N) is 1. The van der Waals surface area contributed by atoms with Crippen LogP contribution in [0.4, 0.5) is 10.1 Å². The number of nitrogens with zero attached hydrogens (tertiary/aromatic N) is 2. The Balaban J connectivity index is 2.77. The molecule has 0 unspecified atom stereocenters. The van der Waals surface area contributed by atoms with Gasteiger partial charge in [-0.25, -0.2) is 13.9 Å². The molecule has 0 aliphatic rings. The number of benzene rings is 1. The SMILES string of the molecule is CCOC(=O)c1c(-c2cccc(F)c2)nn(CC)c(=O)c1N. The van der Waals surface area contributed by atoms with Crippen molar-refractivity contribution in [1.82, 2.24) is 9.78 Å². The maximum Gasteiger partial charge on any atom is 0.342 e. The third kappa shape index (κ3) is 2.83. The summed E-state index contributed by atoms with van der Waals surface area (Å²) in [7, 11) is 0. The Labute approximate surface area is 126 Å². The van der Waals surface area contributed by atoms with E-state index in [1.807, 2.05) is 0 Å². The molecule has 2 aromatic rings. The van der Waals surface area contributed by atoms with Crippen LogP contribution in [0.15, 0.2) is 29.1 Å². The molecule has 1 heterocycles. The van der Waals surface area contributed by atoms with Crippen LogP contribution < -0.4 is 11.3 Å². The number of hydrogen-bond donors (Lipinski definition) is 1. The minimum atomic E-state index is -0.757. The van der Waals surface area contributed by atoms with Crippen molar-refractivity contribution in [3.8, 4) is 11.3 Å². The van der Waals surface area contributed by atoms with Gasteiger partial charge in [-0.1, -0.05) is 12.1 Å². The second-order valence-electron chi connectivity index (χ2n) is 4.49. The highest BCUT2D eigenvalue weighted by Gasteiger charge is 2.23. The van der Waals surface area contributed by atoms with Crippen molar-refractivity contribution in [2.45, 2.75) is 20.4 Å². The van der Waals surface area contributed by atoms with Gasteiger partial charge in [0.2, 0.25) is 0 Å². The first kappa shape index (κ1) is 15.7. The number of esters is 1. The van der Waals surface area contributed by atoms with Crippen LogP contribution in [-0.4, -0.2) is 22.4 Å². The number of rotatable bonds is 4. The van der Waals surface area contributed by atoms with Gasteiger partial charge in [0.1, 0.15) is 22.8 Å². The number of nitrogen functional groups attached to an aromatic ring is 1. The quantitative estimate of drug-likeness (QED) is 0.871. The normalized spacial score (nSPS) is 10.5. The van der Waals surface area contributed by atoms with E-state index in [0.29, 0.717) is 5.56 Å². The summed E-state index contributed by atoms with van der Waals surface area (Å²) in [6.07, 6.45) is 0. The molecule has 0 saturated carbocycles. The molecule has 0 saturated heterocycles. The van der Waals surface area contributed by atoms with Crippen molar-refractivity contribution in [3.05, 3.63) is 46.0 Å². The monoisotopic (exact) mass is 305 g/mol. The lowest BCUT2D eigenvalue weighted by molar-refractivity contribution is 0.0527. The molecular formula is C15H16FN3O3. The van der Waals surface area contributed by atoms with Gasteiger partial charge in [-0.15, -0.1) is 0 Å². The van der Waals surface area contributed by atoms with Crippen molar-refractivity contribution in [2.24, 2.45) is 0 Å². The van der Waals surface area contributed by atoms with Gasteiger partial charge in [0.15, 0.2) is 0 Å². The summed E-state index contributed by atoms with van der Waals surface area (Å²) in [4.78, 5) is 24.2. The number of aryl methyl sites for hydroxylation is 1. The zero-order valence-corrected chi connectivity index (χ0v) is 12.3. The average Bonchev–Trinajstić information content (AvgIpc) is 2.49. The third-order valence-electron chi connectivity index (χ3n) is 3.07. The van der Waals surface area contributed by atoms with E-state index < -0.39 is 17.3 Å². The minimum Gasteiger partial charge on any atom is -0.462 e. The number of halogens is 1. The fraction of sp³-hybridized carbons (Fsp3) is 0.267. The number of ether oxygens (including phenoxy) is 1. The summed E-state index contributed by atoms with van der Waals surface area (Å²) in [5, 5.41) is 4.12. The molecule has 0 aliphatic carbocycles. The van der Waals surface area contributed by atoms with Crippen LogP contribution in [0.25, 0.3) is 11.3 Å². The molecule has 0 atom stereocenters. The van der Waals surface area contributed by atoms with E-state index in [4.69, 9.17) is 10.5 Å². The Hall–Kier alpha value is -2.70. The van der Waals surface area contributed by atoms with Crippen LogP contribution >= 0.6 is 0 Å². The van der Waals surface area contributed by atoms with E-state index in [1.165, 1.54) is 18.2 Å². The van der Waals surface area contributed by atoms with Crippen molar-refractivity contribution in [2.75, 3.05) is 12.3 Å². The fourth-order valence-electron chi connectivity index (χ4n) is 2.05. The maximum atomic E-state index is 13.5. The highest BCUT2D eigenvalue weighted by Crippen LogP contribution is 2.25. The van der Waals surface area contributed by atoms with Crippen molar-refractivity contribution >= 4 is 11.7 Å². The van der Waals surface area contributed by atoms with Gasteiger partial charge >= 0.3 is 5.97 Å². The van der Waals surface area contributed by atoms with Gasteiger partial charge in [0, 0.05) is 12.1 Å². The lowest BCUT2D eigenvalue weighted by atomic mass is 10.1. The summed E-state index contributed by atoms with van der Waals surface area (Å²) >= 11 is 0. The van der Waals surface area contributed by atoms with E-state index in [1.54, 1.807) is 19.9 Å². The Morgan fingerprint density at radius 3 is 2.73 bits per heavy atom. The third-order valence-corrected chi connectivity index (χ3v) is 3.07. The molecule has 0 aliphatic heterocycles. The molecule has 2 N–H and O–H groups in total. The number of carbonyl (C=O) groups is 1. The van der Waals surface area contributed by atoms with Crippen LogP contribution in [0.3, 0.4) is 0 Å². The highest BCUT2D eigenvalue weighted by atomic mass is 19.1. The topological polar surface area (TPSA) is 87.2 Å². The smallest absolute Gasteiger partial charge is 0.342 e. The highest BCUT2D eigenvalue weighted by molar-refractivity contribution is 6.01. The minimum absolute atomic E-state index is 0.122. The average molecular weight is 305 g/mol. The molecule has 116 valence electrons. The van der Waals surface area contributed by atoms with Gasteiger partial charge < -0.3 is 10.5 Å². The largest absolute Gasteiger partial charge is 0.462 e. The molecule has 1 aromatic carbocycles. The van der Waals surface area contributed by atoms with Crippen molar-refractivity contribution in [3.63, 3.8) is 0 Å². The molecule has 7 heteroatoms. The summed E-state index contributed by atoms with van der Waals surface area (Å²) in [5.74, 6) is -1.24. The number of carbonyl (C=O) groups excluding carboxylic acids is 1. The molecular weight excluding hydrogens is 289 g/mol. The van der Waals surface area contributed by atoms with E-state index in [0.717, 1.165) is 4.68 Å². The van der Waals surface area contributed by atoms with Gasteiger partial charge in [-0.2, -0.15) is 5.10 Å². The van der Waals surface area contributed by atoms with Gasteiger partial charge in [0.05, 0.1) is 6.61 Å².